The van der Waals surface area contributed by atoms with Crippen LogP contribution in [0.1, 0.15) is 13.8 Å². The predicted molar refractivity (Wildman–Crippen MR) is 124 cm³/mol. The van der Waals surface area contributed by atoms with Gasteiger partial charge in [-0.15, -0.1) is 0 Å². The number of carbonyl (C=O) groups is 1. The molecule has 2 aliphatic heterocycles. The minimum Gasteiger partial charge on any atom is -0.493 e. The minimum absolute atomic E-state index is 0.0109. The van der Waals surface area contributed by atoms with E-state index in [4.69, 9.17) is 32.8 Å². The van der Waals surface area contributed by atoms with Crippen molar-refractivity contribution in [1.82, 2.24) is 0 Å². The zero-order valence-corrected chi connectivity index (χ0v) is 20.7. The summed E-state index contributed by atoms with van der Waals surface area (Å²) in [5.74, 6) is -0.577. The Morgan fingerprint density at radius 2 is 1.66 bits per heavy atom. The Morgan fingerprint density at radius 3 is 2.34 bits per heavy atom. The van der Waals surface area contributed by atoms with Crippen molar-refractivity contribution in [3.05, 3.63) is 34.7 Å². The molecule has 2 fully saturated rings. The molecule has 2 saturated heterocycles. The van der Waals surface area contributed by atoms with Crippen LogP contribution in [0, 0.1) is 0 Å². The first kappa shape index (κ1) is 28.2. The molecule has 3 heterocycles. The molecule has 0 saturated carbocycles. The summed E-state index contributed by atoms with van der Waals surface area (Å²) < 4.78 is 38.2. The second-order valence-corrected chi connectivity index (χ2v) is 9.03. The fraction of sp³-hybridized carbons (Fsp3) is 0.583. The van der Waals surface area contributed by atoms with E-state index < -0.39 is 79.6 Å². The molecule has 0 spiro atoms. The highest BCUT2D eigenvalue weighted by molar-refractivity contribution is 5.80. The Hall–Kier alpha value is -2.82. The lowest BCUT2D eigenvalue weighted by Crippen LogP contribution is -2.62. The molecule has 2 aliphatic rings. The Labute approximate surface area is 215 Å². The largest absolute Gasteiger partial charge is 0.493 e. The molecule has 0 radical (unpaired) electrons. The van der Waals surface area contributed by atoms with Gasteiger partial charge in [-0.3, -0.25) is 4.79 Å². The standard InChI is InChI=1S/C24H30O14/c1-9-17(27)19(29)21(31)23(34-9)33-8-15-18(28)20(30)22(35-10(2)25)24(38-15)37-14-7-12-11(6-13(14)32-3)4-5-16(26)36-12/h4-7,9,15,17-24,27-31H,8H2,1-3H3/t9-,15+,17-,18+,19+,20-,21+,22+,23+,24+/m0/s1. The summed E-state index contributed by atoms with van der Waals surface area (Å²) in [4.78, 5) is 23.4. The molecule has 14 heteroatoms. The van der Waals surface area contributed by atoms with Crippen LogP contribution in [0.15, 0.2) is 33.5 Å². The van der Waals surface area contributed by atoms with Gasteiger partial charge in [0, 0.05) is 24.4 Å². The van der Waals surface area contributed by atoms with Crippen molar-refractivity contribution >= 4 is 16.9 Å². The predicted octanol–water partition coefficient (Wildman–Crippen LogP) is -1.60. The van der Waals surface area contributed by atoms with Gasteiger partial charge < -0.3 is 58.4 Å². The maximum atomic E-state index is 11.7. The van der Waals surface area contributed by atoms with Crippen molar-refractivity contribution < 1.29 is 63.2 Å². The summed E-state index contributed by atoms with van der Waals surface area (Å²) >= 11 is 0. The van der Waals surface area contributed by atoms with Gasteiger partial charge in [0.25, 0.3) is 0 Å². The van der Waals surface area contributed by atoms with Crippen molar-refractivity contribution in [1.29, 1.82) is 0 Å². The fourth-order valence-corrected chi connectivity index (χ4v) is 4.25. The monoisotopic (exact) mass is 542 g/mol. The van der Waals surface area contributed by atoms with Gasteiger partial charge in [0.05, 0.1) is 19.8 Å². The molecule has 1 aromatic heterocycles. The highest BCUT2D eigenvalue weighted by Crippen LogP contribution is 2.35. The van der Waals surface area contributed by atoms with Gasteiger partial charge >= 0.3 is 11.6 Å². The summed E-state index contributed by atoms with van der Waals surface area (Å²) in [5, 5.41) is 52.0. The van der Waals surface area contributed by atoms with Crippen LogP contribution < -0.4 is 15.1 Å². The Bertz CT molecular complexity index is 1180. The number of methoxy groups -OCH3 is 1. The maximum absolute atomic E-state index is 11.7. The number of hydrogen-bond donors (Lipinski definition) is 5. The molecule has 0 amide bonds. The number of rotatable bonds is 7. The lowest BCUT2D eigenvalue weighted by Gasteiger charge is -2.43. The molecule has 0 unspecified atom stereocenters. The summed E-state index contributed by atoms with van der Waals surface area (Å²) in [5.41, 5.74) is -0.443. The third kappa shape index (κ3) is 5.77. The minimum atomic E-state index is -1.70. The SMILES string of the molecule is COc1cc2ccc(=O)oc2cc1O[C@@H]1O[C@H](CO[C@@H]2O[C@@H](C)[C@H](O)[C@@H](O)[C@H]2O)[C@@H](O)[C@H](O)[C@H]1OC(C)=O. The highest BCUT2D eigenvalue weighted by atomic mass is 16.7. The average Bonchev–Trinajstić information content (AvgIpc) is 2.88. The van der Waals surface area contributed by atoms with Crippen LogP contribution in [0.3, 0.4) is 0 Å². The summed E-state index contributed by atoms with van der Waals surface area (Å²) in [6.45, 7) is 2.10. The van der Waals surface area contributed by atoms with Gasteiger partial charge in [0.15, 0.2) is 23.9 Å². The zero-order chi connectivity index (χ0) is 27.7. The first-order chi connectivity index (χ1) is 18.0. The Morgan fingerprint density at radius 1 is 0.921 bits per heavy atom. The number of fused-ring (bicyclic) bond motifs is 1. The number of aliphatic hydroxyl groups excluding tert-OH is 5. The third-order valence-corrected chi connectivity index (χ3v) is 6.33. The number of aliphatic hydroxyl groups is 5. The van der Waals surface area contributed by atoms with Crippen molar-refractivity contribution in [2.45, 2.75) is 75.3 Å². The molecular formula is C24H30O14. The number of carbonyl (C=O) groups excluding carboxylic acids is 1. The first-order valence-electron chi connectivity index (χ1n) is 11.8. The van der Waals surface area contributed by atoms with Crippen molar-refractivity contribution in [2.75, 3.05) is 13.7 Å². The van der Waals surface area contributed by atoms with Gasteiger partial charge in [0.2, 0.25) is 6.29 Å². The van der Waals surface area contributed by atoms with Gasteiger partial charge in [-0.05, 0) is 19.1 Å². The van der Waals surface area contributed by atoms with Crippen LogP contribution in [-0.2, 0) is 23.7 Å². The lowest BCUT2D eigenvalue weighted by molar-refractivity contribution is -0.319. The lowest BCUT2D eigenvalue weighted by atomic mass is 9.98. The molecule has 14 nitrogen and oxygen atoms in total. The topological polar surface area (TPSA) is 204 Å². The summed E-state index contributed by atoms with van der Waals surface area (Å²) in [6, 6.07) is 5.65. The maximum Gasteiger partial charge on any atom is 0.336 e. The van der Waals surface area contributed by atoms with E-state index in [1.165, 1.54) is 38.3 Å². The molecule has 5 N–H and O–H groups in total. The van der Waals surface area contributed by atoms with Crippen LogP contribution in [0.4, 0.5) is 0 Å². The molecule has 2 aromatic rings. The molecule has 38 heavy (non-hydrogen) atoms. The van der Waals surface area contributed by atoms with E-state index in [9.17, 15) is 35.1 Å². The van der Waals surface area contributed by atoms with Crippen molar-refractivity contribution in [3.63, 3.8) is 0 Å². The molecule has 10 atom stereocenters. The van der Waals surface area contributed by atoms with E-state index in [1.807, 2.05) is 0 Å². The Balaban J connectivity index is 1.57. The number of benzene rings is 1. The quantitative estimate of drug-likeness (QED) is 0.198. The van der Waals surface area contributed by atoms with E-state index in [0.29, 0.717) is 5.39 Å². The van der Waals surface area contributed by atoms with E-state index in [0.717, 1.165) is 6.92 Å². The smallest absolute Gasteiger partial charge is 0.336 e. The van der Waals surface area contributed by atoms with Crippen LogP contribution in [-0.4, -0.2) is 107 Å². The summed E-state index contributed by atoms with van der Waals surface area (Å²) in [6.07, 6.45) is -14.4. The normalized spacial score (nSPS) is 35.6. The average molecular weight is 542 g/mol. The summed E-state index contributed by atoms with van der Waals surface area (Å²) in [7, 11) is 1.37. The highest BCUT2D eigenvalue weighted by Gasteiger charge is 2.49. The molecular weight excluding hydrogens is 512 g/mol. The van der Waals surface area contributed by atoms with Crippen molar-refractivity contribution in [2.24, 2.45) is 0 Å². The Kier molecular flexibility index (Phi) is 8.54. The molecule has 4 rings (SSSR count). The number of esters is 1. The molecule has 210 valence electrons. The van der Waals surface area contributed by atoms with Gasteiger partial charge in [-0.25, -0.2) is 4.79 Å². The van der Waals surface area contributed by atoms with E-state index in [2.05, 4.69) is 0 Å². The molecule has 0 aliphatic carbocycles. The number of hydrogen-bond acceptors (Lipinski definition) is 14. The fourth-order valence-electron chi connectivity index (χ4n) is 4.25. The van der Waals surface area contributed by atoms with E-state index in [1.54, 1.807) is 0 Å². The van der Waals surface area contributed by atoms with Gasteiger partial charge in [-0.1, -0.05) is 0 Å². The van der Waals surface area contributed by atoms with Crippen LogP contribution >= 0.6 is 0 Å². The van der Waals surface area contributed by atoms with Crippen LogP contribution in [0.5, 0.6) is 11.5 Å². The van der Waals surface area contributed by atoms with E-state index >= 15 is 0 Å². The first-order valence-corrected chi connectivity index (χ1v) is 11.8. The van der Waals surface area contributed by atoms with Crippen LogP contribution in [0.2, 0.25) is 0 Å². The van der Waals surface area contributed by atoms with Crippen LogP contribution in [0.25, 0.3) is 11.0 Å². The van der Waals surface area contributed by atoms with Crippen molar-refractivity contribution in [3.8, 4) is 11.5 Å². The number of ether oxygens (including phenoxy) is 6. The zero-order valence-electron chi connectivity index (χ0n) is 20.7. The second-order valence-electron chi connectivity index (χ2n) is 9.03. The third-order valence-electron chi connectivity index (χ3n) is 6.33. The molecule has 0 bridgehead atoms. The molecule has 1 aromatic carbocycles. The second kappa shape index (κ2) is 11.5. The van der Waals surface area contributed by atoms with Gasteiger partial charge in [-0.2, -0.15) is 0 Å². The van der Waals surface area contributed by atoms with Gasteiger partial charge in [0.1, 0.15) is 42.2 Å². The van der Waals surface area contributed by atoms with E-state index in [-0.39, 0.29) is 17.1 Å².